The van der Waals surface area contributed by atoms with E-state index >= 15 is 0 Å². The van der Waals surface area contributed by atoms with Gasteiger partial charge >= 0.3 is 0 Å². The maximum absolute atomic E-state index is 13.7. The molecule has 1 unspecified atom stereocenters. The standard InChI is InChI=1S/C14H18F2N2S/c1-8(2)12-4-5-19-14(17-12)18-13-7-10(15)9(3)6-11(13)16/h6-8,12H,4-5H2,1-3H3,(H,17,18). The number of amidine groups is 1. The predicted molar refractivity (Wildman–Crippen MR) is 77.9 cm³/mol. The zero-order valence-electron chi connectivity index (χ0n) is 11.3. The lowest BCUT2D eigenvalue weighted by atomic mass is 10.0. The quantitative estimate of drug-likeness (QED) is 0.880. The number of hydrogen-bond donors (Lipinski definition) is 1. The molecule has 1 aromatic rings. The third-order valence-electron chi connectivity index (χ3n) is 3.19. The maximum Gasteiger partial charge on any atom is 0.161 e. The first-order valence-corrected chi connectivity index (χ1v) is 7.39. The molecule has 0 aromatic heterocycles. The van der Waals surface area contributed by atoms with E-state index in [1.54, 1.807) is 18.7 Å². The molecule has 0 fully saturated rings. The number of aryl methyl sites for hydroxylation is 1. The normalized spacial score (nSPS) is 19.5. The number of hydrogen-bond acceptors (Lipinski definition) is 3. The fraction of sp³-hybridized carbons (Fsp3) is 0.500. The summed E-state index contributed by atoms with van der Waals surface area (Å²) in [7, 11) is 0. The zero-order valence-corrected chi connectivity index (χ0v) is 12.2. The number of anilines is 1. The Labute approximate surface area is 116 Å². The number of nitrogens with zero attached hydrogens (tertiary/aromatic N) is 1. The third-order valence-corrected chi connectivity index (χ3v) is 4.12. The van der Waals surface area contributed by atoms with Gasteiger partial charge in [0.2, 0.25) is 0 Å². The van der Waals surface area contributed by atoms with E-state index in [0.29, 0.717) is 16.6 Å². The fourth-order valence-corrected chi connectivity index (χ4v) is 2.88. The van der Waals surface area contributed by atoms with Crippen LogP contribution in [0.5, 0.6) is 0 Å². The number of rotatable bonds is 2. The van der Waals surface area contributed by atoms with Gasteiger partial charge in [-0.1, -0.05) is 25.6 Å². The second-order valence-corrected chi connectivity index (χ2v) is 6.17. The lowest BCUT2D eigenvalue weighted by Crippen LogP contribution is -2.24. The van der Waals surface area contributed by atoms with Crippen LogP contribution in [0, 0.1) is 24.5 Å². The highest BCUT2D eigenvalue weighted by molar-refractivity contribution is 8.14. The highest BCUT2D eigenvalue weighted by Crippen LogP contribution is 2.25. The summed E-state index contributed by atoms with van der Waals surface area (Å²) in [6.45, 7) is 5.78. The van der Waals surface area contributed by atoms with Crippen molar-refractivity contribution in [2.75, 3.05) is 11.1 Å². The van der Waals surface area contributed by atoms with Crippen molar-refractivity contribution < 1.29 is 8.78 Å². The van der Waals surface area contributed by atoms with Crippen LogP contribution >= 0.6 is 11.8 Å². The van der Waals surface area contributed by atoms with Gasteiger partial charge in [-0.2, -0.15) is 0 Å². The number of aliphatic imine (C=N–C) groups is 1. The van der Waals surface area contributed by atoms with Crippen molar-refractivity contribution in [1.29, 1.82) is 0 Å². The van der Waals surface area contributed by atoms with Crippen molar-refractivity contribution in [1.82, 2.24) is 0 Å². The summed E-state index contributed by atoms with van der Waals surface area (Å²) >= 11 is 1.55. The monoisotopic (exact) mass is 284 g/mol. The first-order chi connectivity index (χ1) is 8.97. The molecule has 1 aliphatic rings. The second-order valence-electron chi connectivity index (χ2n) is 5.09. The molecule has 5 heteroatoms. The minimum atomic E-state index is -0.450. The highest BCUT2D eigenvalue weighted by Gasteiger charge is 2.19. The van der Waals surface area contributed by atoms with Crippen LogP contribution in [0.3, 0.4) is 0 Å². The Balaban J connectivity index is 2.19. The van der Waals surface area contributed by atoms with Crippen molar-refractivity contribution >= 4 is 22.6 Å². The van der Waals surface area contributed by atoms with E-state index in [1.807, 2.05) is 0 Å². The van der Waals surface area contributed by atoms with Gasteiger partial charge in [0.25, 0.3) is 0 Å². The molecule has 0 aliphatic carbocycles. The average Bonchev–Trinajstić information content (AvgIpc) is 2.36. The summed E-state index contributed by atoms with van der Waals surface area (Å²) in [4.78, 5) is 4.55. The lowest BCUT2D eigenvalue weighted by molar-refractivity contribution is 0.485. The molecule has 1 aliphatic heterocycles. The topological polar surface area (TPSA) is 24.4 Å². The fourth-order valence-electron chi connectivity index (χ4n) is 1.94. The Bertz CT molecular complexity index is 500. The molecular weight excluding hydrogens is 266 g/mol. The van der Waals surface area contributed by atoms with Crippen molar-refractivity contribution in [2.24, 2.45) is 10.9 Å². The van der Waals surface area contributed by atoms with Crippen LogP contribution in [0.1, 0.15) is 25.8 Å². The van der Waals surface area contributed by atoms with Crippen LogP contribution in [0.25, 0.3) is 0 Å². The molecule has 104 valence electrons. The summed E-state index contributed by atoms with van der Waals surface area (Å²) in [6.07, 6.45) is 1.03. The Morgan fingerprint density at radius 1 is 1.32 bits per heavy atom. The molecule has 19 heavy (non-hydrogen) atoms. The van der Waals surface area contributed by atoms with Gasteiger partial charge in [-0.25, -0.2) is 8.78 Å². The van der Waals surface area contributed by atoms with Gasteiger partial charge < -0.3 is 5.32 Å². The molecule has 0 saturated heterocycles. The Hall–Kier alpha value is -1.10. The largest absolute Gasteiger partial charge is 0.333 e. The molecule has 0 radical (unpaired) electrons. The molecular formula is C14H18F2N2S. The minimum absolute atomic E-state index is 0.152. The van der Waals surface area contributed by atoms with Crippen LogP contribution in [0.15, 0.2) is 17.1 Å². The number of halogens is 2. The Kier molecular flexibility index (Phi) is 4.45. The van der Waals surface area contributed by atoms with Crippen LogP contribution < -0.4 is 5.32 Å². The van der Waals surface area contributed by atoms with E-state index in [0.717, 1.165) is 12.2 Å². The van der Waals surface area contributed by atoms with Crippen LogP contribution in [-0.4, -0.2) is 17.0 Å². The minimum Gasteiger partial charge on any atom is -0.333 e. The van der Waals surface area contributed by atoms with Gasteiger partial charge in [0.15, 0.2) is 5.17 Å². The highest BCUT2D eigenvalue weighted by atomic mass is 32.2. The molecule has 0 saturated carbocycles. The summed E-state index contributed by atoms with van der Waals surface area (Å²) in [5.74, 6) is 0.543. The van der Waals surface area contributed by atoms with E-state index in [2.05, 4.69) is 24.2 Å². The smallest absolute Gasteiger partial charge is 0.161 e. The molecule has 0 amide bonds. The van der Waals surface area contributed by atoms with Crippen LogP contribution in [-0.2, 0) is 0 Å². The first-order valence-electron chi connectivity index (χ1n) is 6.40. The first kappa shape index (κ1) is 14.3. The number of nitrogens with one attached hydrogen (secondary N) is 1. The van der Waals surface area contributed by atoms with Gasteiger partial charge in [0.05, 0.1) is 11.7 Å². The van der Waals surface area contributed by atoms with Gasteiger partial charge in [-0.05, 0) is 30.9 Å². The molecule has 2 nitrogen and oxygen atoms in total. The summed E-state index contributed by atoms with van der Waals surface area (Å²) in [6, 6.07) is 2.64. The van der Waals surface area contributed by atoms with E-state index in [9.17, 15) is 8.78 Å². The SMILES string of the molecule is Cc1cc(F)c(NC2=NC(C(C)C)CCS2)cc1F. The van der Waals surface area contributed by atoms with Crippen molar-refractivity contribution in [3.8, 4) is 0 Å². The molecule has 2 rings (SSSR count). The molecule has 1 N–H and O–H groups in total. The third kappa shape index (κ3) is 3.47. The van der Waals surface area contributed by atoms with Gasteiger partial charge in [-0.3, -0.25) is 4.99 Å². The zero-order chi connectivity index (χ0) is 14.0. The van der Waals surface area contributed by atoms with Gasteiger partial charge in [-0.15, -0.1) is 0 Å². The summed E-state index contributed by atoms with van der Waals surface area (Å²) in [5, 5.41) is 3.57. The molecule has 0 bridgehead atoms. The average molecular weight is 284 g/mol. The Morgan fingerprint density at radius 3 is 2.74 bits per heavy atom. The van der Waals surface area contributed by atoms with E-state index in [1.165, 1.54) is 12.1 Å². The van der Waals surface area contributed by atoms with Gasteiger partial charge in [0, 0.05) is 11.8 Å². The van der Waals surface area contributed by atoms with Crippen molar-refractivity contribution in [2.45, 2.75) is 33.2 Å². The molecule has 1 aromatic carbocycles. The van der Waals surface area contributed by atoms with Crippen molar-refractivity contribution in [3.63, 3.8) is 0 Å². The predicted octanol–water partition coefficient (Wildman–Crippen LogP) is 4.20. The number of thioether (sulfide) groups is 1. The van der Waals surface area contributed by atoms with E-state index in [4.69, 9.17) is 0 Å². The second kappa shape index (κ2) is 5.90. The molecule has 1 atom stereocenters. The lowest BCUT2D eigenvalue weighted by Gasteiger charge is -2.23. The summed E-state index contributed by atoms with van der Waals surface area (Å²) < 4.78 is 27.2. The van der Waals surface area contributed by atoms with E-state index < -0.39 is 11.6 Å². The summed E-state index contributed by atoms with van der Waals surface area (Å²) in [5.41, 5.74) is 0.458. The van der Waals surface area contributed by atoms with Crippen LogP contribution in [0.2, 0.25) is 0 Å². The van der Waals surface area contributed by atoms with Gasteiger partial charge in [0.1, 0.15) is 11.6 Å². The van der Waals surface area contributed by atoms with E-state index in [-0.39, 0.29) is 11.7 Å². The van der Waals surface area contributed by atoms with Crippen molar-refractivity contribution in [3.05, 3.63) is 29.3 Å². The number of benzene rings is 1. The molecule has 1 heterocycles. The van der Waals surface area contributed by atoms with Crippen LogP contribution in [0.4, 0.5) is 14.5 Å². The Morgan fingerprint density at radius 2 is 2.05 bits per heavy atom. The molecule has 0 spiro atoms. The maximum atomic E-state index is 13.7.